The minimum atomic E-state index is -1.83. The van der Waals surface area contributed by atoms with Gasteiger partial charge in [0.25, 0.3) is 0 Å². The quantitative estimate of drug-likeness (QED) is 0.727. The van der Waals surface area contributed by atoms with E-state index in [0.29, 0.717) is 11.3 Å². The normalized spacial score (nSPS) is 21.8. The van der Waals surface area contributed by atoms with Gasteiger partial charge in [-0.2, -0.15) is 0 Å². The highest BCUT2D eigenvalue weighted by molar-refractivity contribution is 5.93. The first-order chi connectivity index (χ1) is 7.20. The smallest absolute Gasteiger partial charge is 0.450 e. The summed E-state index contributed by atoms with van der Waals surface area (Å²) in [5.41, 5.74) is 1.46. The molecule has 1 aliphatic carbocycles. The molecule has 2 N–H and O–H groups in total. The van der Waals surface area contributed by atoms with Crippen molar-refractivity contribution in [2.24, 2.45) is 11.3 Å². The number of Topliss-reactive ketones (excluding diaryl/α,β-unsaturated/α-hetero) is 1. The van der Waals surface area contributed by atoms with Crippen LogP contribution in [0.2, 0.25) is 0 Å². The lowest BCUT2D eigenvalue weighted by Gasteiger charge is -2.00. The van der Waals surface area contributed by atoms with Crippen LogP contribution < -0.4 is 0 Å². The summed E-state index contributed by atoms with van der Waals surface area (Å²) in [6, 6.07) is 0. The molecule has 1 atom stereocenters. The molecule has 0 saturated heterocycles. The maximum absolute atomic E-state index is 11.1. The van der Waals surface area contributed by atoms with E-state index < -0.39 is 6.16 Å². The number of hydrogen-bond donors (Lipinski definition) is 2. The van der Waals surface area contributed by atoms with Crippen molar-refractivity contribution in [1.29, 1.82) is 0 Å². The molecule has 0 bridgehead atoms. The van der Waals surface area contributed by atoms with Crippen LogP contribution in [0.5, 0.6) is 0 Å². The Morgan fingerprint density at radius 3 is 1.94 bits per heavy atom. The molecule has 0 aromatic carbocycles. The number of carbonyl (C=O) groups is 2. The molecule has 0 spiro atoms. The Labute approximate surface area is 96.0 Å². The fourth-order valence-corrected chi connectivity index (χ4v) is 1.52. The minimum Gasteiger partial charge on any atom is -0.450 e. The summed E-state index contributed by atoms with van der Waals surface area (Å²) >= 11 is 0. The van der Waals surface area contributed by atoms with Crippen LogP contribution in [0.4, 0.5) is 4.79 Å². The van der Waals surface area contributed by atoms with Gasteiger partial charge in [0, 0.05) is 0 Å². The number of allylic oxidation sites excluding steroid dienone is 2. The molecule has 1 unspecified atom stereocenters. The molecule has 0 heterocycles. The number of ketones is 1. The lowest BCUT2D eigenvalue weighted by atomic mass is 10.0. The van der Waals surface area contributed by atoms with Gasteiger partial charge in [-0.25, -0.2) is 4.79 Å². The molecule has 0 amide bonds. The van der Waals surface area contributed by atoms with Gasteiger partial charge in [-0.15, -0.1) is 0 Å². The Morgan fingerprint density at radius 1 is 1.38 bits per heavy atom. The summed E-state index contributed by atoms with van der Waals surface area (Å²) in [5.74, 6) is 0.886. The maximum Gasteiger partial charge on any atom is 0.503 e. The van der Waals surface area contributed by atoms with Gasteiger partial charge in [0.1, 0.15) is 0 Å². The van der Waals surface area contributed by atoms with E-state index in [1.165, 1.54) is 6.42 Å². The van der Waals surface area contributed by atoms with Crippen molar-refractivity contribution in [1.82, 2.24) is 0 Å². The summed E-state index contributed by atoms with van der Waals surface area (Å²) < 4.78 is 0. The van der Waals surface area contributed by atoms with Gasteiger partial charge < -0.3 is 10.2 Å². The highest BCUT2D eigenvalue weighted by Gasteiger charge is 2.43. The van der Waals surface area contributed by atoms with Crippen LogP contribution in [-0.2, 0) is 4.79 Å². The molecule has 16 heavy (non-hydrogen) atoms. The lowest BCUT2D eigenvalue weighted by molar-refractivity contribution is -0.113. The zero-order valence-electron chi connectivity index (χ0n) is 10.3. The van der Waals surface area contributed by atoms with Crippen LogP contribution in [0, 0.1) is 11.3 Å². The van der Waals surface area contributed by atoms with Crippen LogP contribution in [-0.4, -0.2) is 22.2 Å². The molecule has 4 nitrogen and oxygen atoms in total. The van der Waals surface area contributed by atoms with E-state index in [1.54, 1.807) is 6.92 Å². The van der Waals surface area contributed by atoms with Crippen LogP contribution in [0.25, 0.3) is 0 Å². The van der Waals surface area contributed by atoms with Crippen molar-refractivity contribution in [2.45, 2.75) is 40.5 Å². The average molecular weight is 228 g/mol. The third-order valence-corrected chi connectivity index (χ3v) is 2.83. The van der Waals surface area contributed by atoms with E-state index in [4.69, 9.17) is 15.0 Å². The molecule has 92 valence electrons. The number of carboxylic acid groups (broad SMARTS) is 2. The third kappa shape index (κ3) is 5.53. The Balaban J connectivity index is 0.000000487. The van der Waals surface area contributed by atoms with Gasteiger partial charge in [0.15, 0.2) is 5.78 Å². The van der Waals surface area contributed by atoms with E-state index in [0.717, 1.165) is 12.0 Å². The predicted octanol–water partition coefficient (Wildman–Crippen LogP) is 3.18. The SMILES string of the molecule is CCC(=CC1CC1(C)C)C(C)=O.O=C(O)O. The Bertz CT molecular complexity index is 298. The third-order valence-electron chi connectivity index (χ3n) is 2.83. The lowest BCUT2D eigenvalue weighted by Crippen LogP contribution is -1.97. The molecule has 0 aliphatic heterocycles. The standard InChI is InChI=1S/C11H18O.CH2O3/c1-5-9(8(2)12)6-10-7-11(10,3)4;2-1(3)4/h6,10H,5,7H2,1-4H3;(H2,2,3,4). The first kappa shape index (κ1) is 14.7. The topological polar surface area (TPSA) is 74.6 Å². The van der Waals surface area contributed by atoms with E-state index in [1.807, 2.05) is 6.92 Å². The van der Waals surface area contributed by atoms with Gasteiger partial charge in [0.05, 0.1) is 0 Å². The van der Waals surface area contributed by atoms with Crippen molar-refractivity contribution in [3.8, 4) is 0 Å². The second-order valence-electron chi connectivity index (χ2n) is 4.68. The molecule has 4 heteroatoms. The van der Waals surface area contributed by atoms with Gasteiger partial charge in [-0.1, -0.05) is 26.8 Å². The van der Waals surface area contributed by atoms with Crippen molar-refractivity contribution < 1.29 is 19.8 Å². The summed E-state index contributed by atoms with van der Waals surface area (Å²) in [4.78, 5) is 19.6. The van der Waals surface area contributed by atoms with E-state index >= 15 is 0 Å². The van der Waals surface area contributed by atoms with Crippen molar-refractivity contribution in [3.05, 3.63) is 11.6 Å². The van der Waals surface area contributed by atoms with Gasteiger partial charge in [-0.05, 0) is 36.7 Å². The van der Waals surface area contributed by atoms with E-state index in [-0.39, 0.29) is 5.78 Å². The van der Waals surface area contributed by atoms with Crippen molar-refractivity contribution in [3.63, 3.8) is 0 Å². The second-order valence-corrected chi connectivity index (χ2v) is 4.68. The summed E-state index contributed by atoms with van der Waals surface area (Å²) in [6.07, 6.45) is 2.45. The van der Waals surface area contributed by atoms with Crippen LogP contribution in [0.3, 0.4) is 0 Å². The van der Waals surface area contributed by atoms with E-state index in [2.05, 4.69) is 19.9 Å². The fourth-order valence-electron chi connectivity index (χ4n) is 1.52. The monoisotopic (exact) mass is 228 g/mol. The van der Waals surface area contributed by atoms with Gasteiger partial charge in [0.2, 0.25) is 0 Å². The summed E-state index contributed by atoms with van der Waals surface area (Å²) in [5, 5.41) is 13.9. The molecular formula is C12H20O4. The zero-order chi connectivity index (χ0) is 12.9. The van der Waals surface area contributed by atoms with Crippen LogP contribution in [0.1, 0.15) is 40.5 Å². The summed E-state index contributed by atoms with van der Waals surface area (Å²) in [6.45, 7) is 8.20. The molecule has 0 aromatic rings. The van der Waals surface area contributed by atoms with Crippen LogP contribution >= 0.6 is 0 Å². The molecular weight excluding hydrogens is 208 g/mol. The van der Waals surface area contributed by atoms with Crippen LogP contribution in [0.15, 0.2) is 11.6 Å². The predicted molar refractivity (Wildman–Crippen MR) is 61.6 cm³/mol. The van der Waals surface area contributed by atoms with Gasteiger partial charge >= 0.3 is 6.16 Å². The average Bonchev–Trinajstić information content (AvgIpc) is 2.68. The van der Waals surface area contributed by atoms with Crippen molar-refractivity contribution in [2.75, 3.05) is 0 Å². The van der Waals surface area contributed by atoms with Gasteiger partial charge in [-0.3, -0.25) is 4.79 Å². The van der Waals surface area contributed by atoms with E-state index in [9.17, 15) is 4.79 Å². The second kappa shape index (κ2) is 5.68. The zero-order valence-corrected chi connectivity index (χ0v) is 10.3. The minimum absolute atomic E-state index is 0.236. The Hall–Kier alpha value is -1.32. The largest absolute Gasteiger partial charge is 0.503 e. The Morgan fingerprint density at radius 2 is 1.75 bits per heavy atom. The fraction of sp³-hybridized carbons (Fsp3) is 0.667. The maximum atomic E-state index is 11.1. The highest BCUT2D eigenvalue weighted by Crippen LogP contribution is 2.52. The van der Waals surface area contributed by atoms with Crippen molar-refractivity contribution >= 4 is 11.9 Å². The first-order valence-corrected chi connectivity index (χ1v) is 5.34. The number of rotatable bonds is 3. The highest BCUT2D eigenvalue weighted by atomic mass is 16.6. The first-order valence-electron chi connectivity index (χ1n) is 5.34. The molecule has 1 saturated carbocycles. The molecule has 0 radical (unpaired) electrons. The molecule has 1 rings (SSSR count). The molecule has 1 fully saturated rings. The molecule has 0 aromatic heterocycles. The Kier molecular flexibility index (Phi) is 5.21. The number of hydrogen-bond acceptors (Lipinski definition) is 2. The summed E-state index contributed by atoms with van der Waals surface area (Å²) in [7, 11) is 0. The molecule has 1 aliphatic rings. The number of carbonyl (C=O) groups excluding carboxylic acids is 1.